The standard InChI is InChI=1S/C18H12O2/c19-16-11-18(20-17-8-4-3-7-15(16)17)14-10-9-12-5-1-2-6-13(12)14/h1-11,14H. The Labute approximate surface area is 116 Å². The molecular weight excluding hydrogens is 248 g/mol. The van der Waals surface area contributed by atoms with Gasteiger partial charge in [0.05, 0.1) is 11.3 Å². The van der Waals surface area contributed by atoms with Crippen LogP contribution in [0.25, 0.3) is 17.0 Å². The van der Waals surface area contributed by atoms with Crippen molar-refractivity contribution in [1.82, 2.24) is 0 Å². The van der Waals surface area contributed by atoms with Crippen LogP contribution in [0.2, 0.25) is 0 Å². The topological polar surface area (TPSA) is 30.2 Å². The van der Waals surface area contributed by atoms with E-state index >= 15 is 0 Å². The van der Waals surface area contributed by atoms with Gasteiger partial charge in [0.2, 0.25) is 0 Å². The lowest BCUT2D eigenvalue weighted by Gasteiger charge is -2.10. The summed E-state index contributed by atoms with van der Waals surface area (Å²) in [4.78, 5) is 12.2. The van der Waals surface area contributed by atoms with E-state index in [-0.39, 0.29) is 11.3 Å². The highest BCUT2D eigenvalue weighted by Crippen LogP contribution is 2.35. The van der Waals surface area contributed by atoms with E-state index < -0.39 is 0 Å². The Morgan fingerprint density at radius 2 is 1.75 bits per heavy atom. The van der Waals surface area contributed by atoms with Gasteiger partial charge in [-0.1, -0.05) is 48.6 Å². The van der Waals surface area contributed by atoms with Gasteiger partial charge in [-0.05, 0) is 23.3 Å². The Bertz CT molecular complexity index is 887. The molecule has 1 unspecified atom stereocenters. The minimum absolute atomic E-state index is 0.0135. The molecule has 0 saturated heterocycles. The molecule has 1 heterocycles. The fourth-order valence-electron chi connectivity index (χ4n) is 2.77. The summed E-state index contributed by atoms with van der Waals surface area (Å²) in [6, 6.07) is 17.2. The number of fused-ring (bicyclic) bond motifs is 2. The van der Waals surface area contributed by atoms with Crippen LogP contribution < -0.4 is 5.43 Å². The number of hydrogen-bond donors (Lipinski definition) is 0. The van der Waals surface area contributed by atoms with Crippen LogP contribution in [0.5, 0.6) is 0 Å². The van der Waals surface area contributed by atoms with Crippen LogP contribution in [0.3, 0.4) is 0 Å². The van der Waals surface area contributed by atoms with E-state index in [0.29, 0.717) is 16.7 Å². The van der Waals surface area contributed by atoms with Crippen LogP contribution >= 0.6 is 0 Å². The van der Waals surface area contributed by atoms with Crippen molar-refractivity contribution in [2.75, 3.05) is 0 Å². The highest BCUT2D eigenvalue weighted by molar-refractivity contribution is 5.76. The zero-order chi connectivity index (χ0) is 13.5. The van der Waals surface area contributed by atoms with Crippen molar-refractivity contribution in [3.05, 3.63) is 87.8 Å². The predicted octanol–water partition coefficient (Wildman–Crippen LogP) is 3.95. The third-order valence-corrected chi connectivity index (χ3v) is 3.76. The average Bonchev–Trinajstić information content (AvgIpc) is 2.91. The first-order valence-corrected chi connectivity index (χ1v) is 6.63. The van der Waals surface area contributed by atoms with Crippen molar-refractivity contribution in [2.24, 2.45) is 0 Å². The molecule has 1 aromatic heterocycles. The second-order valence-corrected chi connectivity index (χ2v) is 4.97. The minimum Gasteiger partial charge on any atom is -0.460 e. The van der Waals surface area contributed by atoms with Gasteiger partial charge in [-0.25, -0.2) is 0 Å². The van der Waals surface area contributed by atoms with Gasteiger partial charge in [0, 0.05) is 6.07 Å². The highest BCUT2D eigenvalue weighted by Gasteiger charge is 2.21. The summed E-state index contributed by atoms with van der Waals surface area (Å²) in [5, 5.41) is 0.631. The van der Waals surface area contributed by atoms with Gasteiger partial charge in [0.15, 0.2) is 5.43 Å². The normalized spacial score (nSPS) is 16.5. The molecule has 0 fully saturated rings. The molecule has 0 aliphatic heterocycles. The van der Waals surface area contributed by atoms with Crippen LogP contribution in [0.15, 0.2) is 69.9 Å². The van der Waals surface area contributed by atoms with Gasteiger partial charge in [0.1, 0.15) is 11.3 Å². The maximum atomic E-state index is 12.2. The minimum atomic E-state index is 0.0135. The molecule has 0 radical (unpaired) electrons. The Balaban J connectivity index is 1.93. The number of allylic oxidation sites excluding steroid dienone is 1. The quantitative estimate of drug-likeness (QED) is 0.663. The lowest BCUT2D eigenvalue weighted by molar-refractivity contribution is 0.534. The van der Waals surface area contributed by atoms with Gasteiger partial charge in [-0.3, -0.25) is 4.79 Å². The van der Waals surface area contributed by atoms with Crippen LogP contribution in [0, 0.1) is 0 Å². The van der Waals surface area contributed by atoms with Gasteiger partial charge in [-0.15, -0.1) is 0 Å². The Morgan fingerprint density at radius 1 is 0.950 bits per heavy atom. The first-order valence-electron chi connectivity index (χ1n) is 6.63. The summed E-state index contributed by atoms with van der Waals surface area (Å²) < 4.78 is 5.93. The maximum absolute atomic E-state index is 12.2. The van der Waals surface area contributed by atoms with Crippen LogP contribution in [-0.2, 0) is 0 Å². The first kappa shape index (κ1) is 11.2. The molecule has 2 aromatic carbocycles. The SMILES string of the molecule is O=c1cc(C2C=Cc3ccccc32)oc2ccccc12. The average molecular weight is 260 g/mol. The van der Waals surface area contributed by atoms with Crippen molar-refractivity contribution in [2.45, 2.75) is 5.92 Å². The van der Waals surface area contributed by atoms with Crippen molar-refractivity contribution in [1.29, 1.82) is 0 Å². The number of para-hydroxylation sites is 1. The number of benzene rings is 2. The smallest absolute Gasteiger partial charge is 0.192 e. The molecule has 0 saturated carbocycles. The molecule has 0 bridgehead atoms. The van der Waals surface area contributed by atoms with E-state index in [1.54, 1.807) is 12.1 Å². The summed E-state index contributed by atoms with van der Waals surface area (Å²) in [6.07, 6.45) is 4.16. The zero-order valence-corrected chi connectivity index (χ0v) is 10.7. The van der Waals surface area contributed by atoms with Crippen molar-refractivity contribution >= 4 is 17.0 Å². The van der Waals surface area contributed by atoms with Gasteiger partial charge in [-0.2, -0.15) is 0 Å². The molecule has 0 spiro atoms. The number of rotatable bonds is 1. The molecule has 1 aliphatic carbocycles. The molecule has 96 valence electrons. The van der Waals surface area contributed by atoms with E-state index in [4.69, 9.17) is 4.42 Å². The second-order valence-electron chi connectivity index (χ2n) is 4.97. The highest BCUT2D eigenvalue weighted by atomic mass is 16.3. The maximum Gasteiger partial charge on any atom is 0.192 e. The molecule has 4 rings (SSSR count). The third kappa shape index (κ3) is 1.62. The monoisotopic (exact) mass is 260 g/mol. The molecular formula is C18H12O2. The molecule has 0 amide bonds. The Morgan fingerprint density at radius 3 is 2.70 bits per heavy atom. The molecule has 20 heavy (non-hydrogen) atoms. The van der Waals surface area contributed by atoms with E-state index in [0.717, 1.165) is 0 Å². The molecule has 1 aliphatic rings. The van der Waals surface area contributed by atoms with Gasteiger partial charge < -0.3 is 4.42 Å². The van der Waals surface area contributed by atoms with Crippen LogP contribution in [-0.4, -0.2) is 0 Å². The Kier molecular flexibility index (Phi) is 2.36. The summed E-state index contributed by atoms with van der Waals surface area (Å²) in [5.41, 5.74) is 3.03. The lowest BCUT2D eigenvalue weighted by Crippen LogP contribution is -2.05. The summed E-state index contributed by atoms with van der Waals surface area (Å²) >= 11 is 0. The molecule has 2 nitrogen and oxygen atoms in total. The zero-order valence-electron chi connectivity index (χ0n) is 10.7. The van der Waals surface area contributed by atoms with Crippen molar-refractivity contribution in [3.63, 3.8) is 0 Å². The van der Waals surface area contributed by atoms with E-state index in [1.165, 1.54) is 11.1 Å². The second kappa shape index (κ2) is 4.20. The lowest BCUT2D eigenvalue weighted by atomic mass is 9.98. The third-order valence-electron chi connectivity index (χ3n) is 3.76. The van der Waals surface area contributed by atoms with Gasteiger partial charge >= 0.3 is 0 Å². The summed E-state index contributed by atoms with van der Waals surface area (Å²) in [5.74, 6) is 0.735. The fraction of sp³-hybridized carbons (Fsp3) is 0.0556. The first-order chi connectivity index (χ1) is 9.83. The van der Waals surface area contributed by atoms with Crippen molar-refractivity contribution < 1.29 is 4.42 Å². The number of hydrogen-bond acceptors (Lipinski definition) is 2. The van der Waals surface area contributed by atoms with E-state index in [1.807, 2.05) is 30.3 Å². The van der Waals surface area contributed by atoms with Crippen LogP contribution in [0.4, 0.5) is 0 Å². The van der Waals surface area contributed by atoms with Crippen molar-refractivity contribution in [3.8, 4) is 0 Å². The molecule has 3 aromatic rings. The molecule has 0 N–H and O–H groups in total. The fourth-order valence-corrected chi connectivity index (χ4v) is 2.77. The summed E-state index contributed by atoms with van der Waals surface area (Å²) in [7, 11) is 0. The molecule has 1 atom stereocenters. The Hall–Kier alpha value is -2.61. The van der Waals surface area contributed by atoms with Crippen LogP contribution in [0.1, 0.15) is 22.8 Å². The predicted molar refractivity (Wildman–Crippen MR) is 79.8 cm³/mol. The summed E-state index contributed by atoms with van der Waals surface area (Å²) in [6.45, 7) is 0. The van der Waals surface area contributed by atoms with E-state index in [9.17, 15) is 4.79 Å². The largest absolute Gasteiger partial charge is 0.460 e. The molecule has 2 heteroatoms. The van der Waals surface area contributed by atoms with E-state index in [2.05, 4.69) is 24.3 Å². The van der Waals surface area contributed by atoms with Gasteiger partial charge in [0.25, 0.3) is 0 Å².